The number of nitro groups is 1. The zero-order chi connectivity index (χ0) is 20.8. The van der Waals surface area contributed by atoms with Crippen molar-refractivity contribution >= 4 is 51.2 Å². The molecule has 1 amide bonds. The number of para-hydroxylation sites is 1. The van der Waals surface area contributed by atoms with Crippen molar-refractivity contribution in [3.05, 3.63) is 64.0 Å². The molecular weight excluding hydrogens is 419 g/mol. The number of aromatic nitrogens is 2. The lowest BCUT2D eigenvalue weighted by atomic mass is 10.1. The Morgan fingerprint density at radius 1 is 1.28 bits per heavy atom. The largest absolute Gasteiger partial charge is 0.328 e. The second-order valence-corrected chi connectivity index (χ2v) is 7.61. The van der Waals surface area contributed by atoms with E-state index < -0.39 is 16.6 Å². The van der Waals surface area contributed by atoms with Crippen LogP contribution in [-0.4, -0.2) is 26.8 Å². The molecule has 0 spiro atoms. The number of carbonyl (C=O) groups excluding carboxylic acids is 1. The monoisotopic (exact) mass is 430 g/mol. The minimum atomic E-state index is -0.620. The fourth-order valence-electron chi connectivity index (χ4n) is 2.16. The molecule has 0 aliphatic carbocycles. The molecule has 0 aliphatic rings. The number of hydrogen-bond acceptors (Lipinski definition) is 9. The molecule has 1 heterocycles. The van der Waals surface area contributed by atoms with E-state index in [4.69, 9.17) is 5.26 Å². The van der Waals surface area contributed by atoms with Gasteiger partial charge in [-0.05, 0) is 18.2 Å². The summed E-state index contributed by atoms with van der Waals surface area (Å²) in [4.78, 5) is 22.3. The molecule has 146 valence electrons. The van der Waals surface area contributed by atoms with E-state index in [0.717, 1.165) is 29.2 Å². The van der Waals surface area contributed by atoms with Crippen LogP contribution in [0.1, 0.15) is 5.56 Å². The van der Waals surface area contributed by atoms with Gasteiger partial charge in [0, 0.05) is 12.1 Å². The lowest BCUT2D eigenvalue weighted by Crippen LogP contribution is -2.15. The summed E-state index contributed by atoms with van der Waals surface area (Å²) in [6.45, 7) is 0. The summed E-state index contributed by atoms with van der Waals surface area (Å²) in [5, 5.41) is 33.4. The van der Waals surface area contributed by atoms with Crippen molar-refractivity contribution in [3.63, 3.8) is 0 Å². The summed E-state index contributed by atoms with van der Waals surface area (Å²) < 4.78 is 14.1. The standard InChI is InChI=1S/C17H11FN6O3S2/c18-12-3-1-2-4-14(12)21-16-22-23-17(29-16)28-9-15(25)20-13-6-5-11(24(26)27)7-10(13)8-19/h1-7H,9H2,(H,20,25)(H,21,22). The highest BCUT2D eigenvalue weighted by atomic mass is 32.2. The van der Waals surface area contributed by atoms with E-state index in [1.165, 1.54) is 18.2 Å². The molecule has 0 saturated carbocycles. The van der Waals surface area contributed by atoms with Gasteiger partial charge >= 0.3 is 0 Å². The number of amides is 1. The van der Waals surface area contributed by atoms with Gasteiger partial charge in [0.25, 0.3) is 5.69 Å². The molecule has 9 nitrogen and oxygen atoms in total. The smallest absolute Gasteiger partial charge is 0.270 e. The van der Waals surface area contributed by atoms with Crippen molar-refractivity contribution in [1.29, 1.82) is 5.26 Å². The molecule has 0 atom stereocenters. The Morgan fingerprint density at radius 2 is 2.07 bits per heavy atom. The molecule has 1 aromatic heterocycles. The van der Waals surface area contributed by atoms with Gasteiger partial charge in [-0.3, -0.25) is 14.9 Å². The Bertz CT molecular complexity index is 1110. The number of nitro benzene ring substituents is 1. The van der Waals surface area contributed by atoms with Gasteiger partial charge in [-0.1, -0.05) is 35.2 Å². The van der Waals surface area contributed by atoms with E-state index in [-0.39, 0.29) is 28.4 Å². The third kappa shape index (κ3) is 5.24. The van der Waals surface area contributed by atoms with Crippen molar-refractivity contribution < 1.29 is 14.1 Å². The van der Waals surface area contributed by atoms with Crippen LogP contribution in [0, 0.1) is 27.3 Å². The molecule has 3 aromatic rings. The predicted octanol–water partition coefficient (Wildman–Crippen LogP) is 3.93. The number of anilines is 3. The number of non-ortho nitro benzene ring substituents is 1. The molecule has 0 saturated heterocycles. The summed E-state index contributed by atoms with van der Waals surface area (Å²) in [5.41, 5.74) is 0.200. The average molecular weight is 430 g/mol. The average Bonchev–Trinajstić information content (AvgIpc) is 3.16. The van der Waals surface area contributed by atoms with Crippen LogP contribution in [0.25, 0.3) is 0 Å². The molecule has 0 radical (unpaired) electrons. The summed E-state index contributed by atoms with van der Waals surface area (Å²) in [6.07, 6.45) is 0. The topological polar surface area (TPSA) is 134 Å². The number of thioether (sulfide) groups is 1. The highest BCUT2D eigenvalue weighted by molar-refractivity contribution is 8.01. The molecule has 0 aliphatic heterocycles. The minimum Gasteiger partial charge on any atom is -0.328 e. The number of nitrogens with zero attached hydrogens (tertiary/aromatic N) is 4. The quantitative estimate of drug-likeness (QED) is 0.327. The number of carbonyl (C=O) groups is 1. The number of benzene rings is 2. The molecule has 0 bridgehead atoms. The van der Waals surface area contributed by atoms with Gasteiger partial charge in [0.15, 0.2) is 4.34 Å². The number of halogens is 1. The van der Waals surface area contributed by atoms with Gasteiger partial charge in [0.1, 0.15) is 11.9 Å². The molecule has 12 heteroatoms. The predicted molar refractivity (Wildman–Crippen MR) is 107 cm³/mol. The van der Waals surface area contributed by atoms with Crippen molar-refractivity contribution in [2.45, 2.75) is 4.34 Å². The SMILES string of the molecule is N#Cc1cc([N+](=O)[O-])ccc1NC(=O)CSc1nnc(Nc2ccccc2F)s1. The molecule has 0 unspecified atom stereocenters. The summed E-state index contributed by atoms with van der Waals surface area (Å²) in [5.74, 6) is -0.859. The third-order valence-electron chi connectivity index (χ3n) is 3.46. The number of nitrogens with one attached hydrogen (secondary N) is 2. The lowest BCUT2D eigenvalue weighted by Gasteiger charge is -2.06. The van der Waals surface area contributed by atoms with Gasteiger partial charge < -0.3 is 10.6 Å². The van der Waals surface area contributed by atoms with Crippen molar-refractivity contribution in [3.8, 4) is 6.07 Å². The molecule has 2 N–H and O–H groups in total. The maximum absolute atomic E-state index is 13.6. The highest BCUT2D eigenvalue weighted by Crippen LogP contribution is 2.29. The van der Waals surface area contributed by atoms with Gasteiger partial charge in [-0.25, -0.2) is 4.39 Å². The Labute approximate surface area is 171 Å². The van der Waals surface area contributed by atoms with Crippen LogP contribution in [-0.2, 0) is 4.79 Å². The normalized spacial score (nSPS) is 10.2. The molecular formula is C17H11FN6O3S2. The Hall–Kier alpha value is -3.56. The molecule has 0 fully saturated rings. The third-order valence-corrected chi connectivity index (χ3v) is 5.43. The summed E-state index contributed by atoms with van der Waals surface area (Å²) in [7, 11) is 0. The van der Waals surface area contributed by atoms with Crippen molar-refractivity contribution in [2.24, 2.45) is 0 Å². The van der Waals surface area contributed by atoms with Crippen LogP contribution >= 0.6 is 23.1 Å². The zero-order valence-corrected chi connectivity index (χ0v) is 16.1. The van der Waals surface area contributed by atoms with Crippen LogP contribution in [0.2, 0.25) is 0 Å². The first-order valence-corrected chi connectivity index (χ1v) is 9.72. The molecule has 3 rings (SSSR count). The maximum Gasteiger partial charge on any atom is 0.270 e. The Morgan fingerprint density at radius 3 is 2.79 bits per heavy atom. The molecule has 29 heavy (non-hydrogen) atoms. The van der Waals surface area contributed by atoms with E-state index in [1.54, 1.807) is 18.2 Å². The zero-order valence-electron chi connectivity index (χ0n) is 14.5. The van der Waals surface area contributed by atoms with Crippen LogP contribution in [0.3, 0.4) is 0 Å². The number of rotatable bonds is 7. The lowest BCUT2D eigenvalue weighted by molar-refractivity contribution is -0.384. The van der Waals surface area contributed by atoms with Crippen molar-refractivity contribution in [1.82, 2.24) is 10.2 Å². The first-order valence-electron chi connectivity index (χ1n) is 7.92. The van der Waals surface area contributed by atoms with Gasteiger partial charge in [0.05, 0.1) is 27.6 Å². The second kappa shape index (κ2) is 9.09. The fourth-order valence-corrected chi connectivity index (χ4v) is 3.72. The summed E-state index contributed by atoms with van der Waals surface area (Å²) >= 11 is 2.27. The Balaban J connectivity index is 1.58. The minimum absolute atomic E-state index is 0.00941. The second-order valence-electron chi connectivity index (χ2n) is 5.41. The highest BCUT2D eigenvalue weighted by Gasteiger charge is 2.14. The van der Waals surface area contributed by atoms with E-state index >= 15 is 0 Å². The van der Waals surface area contributed by atoms with E-state index in [9.17, 15) is 19.3 Å². The fraction of sp³-hybridized carbons (Fsp3) is 0.0588. The Kier molecular flexibility index (Phi) is 6.32. The van der Waals surface area contributed by atoms with Crippen molar-refractivity contribution in [2.75, 3.05) is 16.4 Å². The first-order chi connectivity index (χ1) is 14.0. The first kappa shape index (κ1) is 20.2. The maximum atomic E-state index is 13.6. The van der Waals surface area contributed by atoms with Crippen LogP contribution in [0.15, 0.2) is 46.8 Å². The molecule has 2 aromatic carbocycles. The van der Waals surface area contributed by atoms with E-state index in [2.05, 4.69) is 20.8 Å². The number of nitriles is 1. The van der Waals surface area contributed by atoms with Gasteiger partial charge in [-0.2, -0.15) is 5.26 Å². The van der Waals surface area contributed by atoms with Gasteiger partial charge in [0.2, 0.25) is 11.0 Å². The summed E-state index contributed by atoms with van der Waals surface area (Å²) in [6, 6.07) is 11.6. The van der Waals surface area contributed by atoms with Gasteiger partial charge in [-0.15, -0.1) is 10.2 Å². The van der Waals surface area contributed by atoms with Crippen LogP contribution < -0.4 is 10.6 Å². The van der Waals surface area contributed by atoms with Crippen LogP contribution in [0.4, 0.5) is 26.6 Å². The van der Waals surface area contributed by atoms with Crippen LogP contribution in [0.5, 0.6) is 0 Å². The van der Waals surface area contributed by atoms with E-state index in [0.29, 0.717) is 9.47 Å². The van der Waals surface area contributed by atoms with E-state index in [1.807, 2.05) is 6.07 Å². The number of hydrogen-bond donors (Lipinski definition) is 2.